The van der Waals surface area contributed by atoms with E-state index in [9.17, 15) is 22.8 Å². The van der Waals surface area contributed by atoms with Gasteiger partial charge in [0.1, 0.15) is 0 Å². The van der Waals surface area contributed by atoms with Crippen LogP contribution in [-0.4, -0.2) is 47.9 Å². The molecule has 1 aromatic carbocycles. The maximum Gasteiger partial charge on any atom is 0.416 e. The highest BCUT2D eigenvalue weighted by Gasteiger charge is 2.30. The van der Waals surface area contributed by atoms with Gasteiger partial charge in [0, 0.05) is 32.3 Å². The van der Waals surface area contributed by atoms with Crippen LogP contribution in [0.5, 0.6) is 0 Å². The van der Waals surface area contributed by atoms with Gasteiger partial charge in [-0.3, -0.25) is 4.79 Å². The maximum atomic E-state index is 12.6. The summed E-state index contributed by atoms with van der Waals surface area (Å²) in [6, 6.07) is 4.17. The first-order valence-corrected chi connectivity index (χ1v) is 7.87. The number of benzene rings is 1. The summed E-state index contributed by atoms with van der Waals surface area (Å²) < 4.78 is 37.8. The topological polar surface area (TPSA) is 66.6 Å². The van der Waals surface area contributed by atoms with E-state index in [0.29, 0.717) is 43.7 Å². The number of nitrogens with zero attached hydrogens (tertiary/aromatic N) is 2. The van der Waals surface area contributed by atoms with Crippen LogP contribution in [0.25, 0.3) is 5.57 Å². The molecule has 2 N–H and O–H groups in total. The van der Waals surface area contributed by atoms with Crippen LogP contribution in [-0.2, 0) is 11.0 Å². The molecule has 3 amide bonds. The number of hydrogen-bond donors (Lipinski definition) is 1. The summed E-state index contributed by atoms with van der Waals surface area (Å²) in [6.45, 7) is 3.42. The average Bonchev–Trinajstić information content (AvgIpc) is 2.80. The van der Waals surface area contributed by atoms with Crippen molar-refractivity contribution in [3.63, 3.8) is 0 Å². The highest BCUT2D eigenvalue weighted by atomic mass is 19.4. The molecular weight excluding hydrogens is 335 g/mol. The van der Waals surface area contributed by atoms with Gasteiger partial charge >= 0.3 is 12.2 Å². The lowest BCUT2D eigenvalue weighted by atomic mass is 10.0. The van der Waals surface area contributed by atoms with Crippen molar-refractivity contribution in [1.29, 1.82) is 0 Å². The third kappa shape index (κ3) is 4.98. The molecule has 2 rings (SSSR count). The first kappa shape index (κ1) is 18.8. The molecule has 1 aliphatic rings. The lowest BCUT2D eigenvalue weighted by Crippen LogP contribution is -2.39. The molecule has 1 fully saturated rings. The second-order valence-corrected chi connectivity index (χ2v) is 5.91. The minimum Gasteiger partial charge on any atom is -0.351 e. The minimum atomic E-state index is -4.38. The summed E-state index contributed by atoms with van der Waals surface area (Å²) in [4.78, 5) is 26.7. The number of urea groups is 1. The van der Waals surface area contributed by atoms with E-state index >= 15 is 0 Å². The first-order valence-electron chi connectivity index (χ1n) is 7.87. The normalized spacial score (nSPS) is 16.6. The summed E-state index contributed by atoms with van der Waals surface area (Å²) in [5.41, 5.74) is 5.65. The molecule has 0 atom stereocenters. The van der Waals surface area contributed by atoms with Gasteiger partial charge in [0.2, 0.25) is 5.91 Å². The molecule has 0 saturated carbocycles. The second-order valence-electron chi connectivity index (χ2n) is 5.91. The zero-order chi connectivity index (χ0) is 18.6. The van der Waals surface area contributed by atoms with Gasteiger partial charge in [0.15, 0.2) is 0 Å². The Labute approximate surface area is 143 Å². The van der Waals surface area contributed by atoms with Crippen molar-refractivity contribution in [2.24, 2.45) is 5.73 Å². The van der Waals surface area contributed by atoms with Crippen molar-refractivity contribution in [2.75, 3.05) is 26.2 Å². The van der Waals surface area contributed by atoms with E-state index in [2.05, 4.69) is 0 Å². The third-order valence-electron chi connectivity index (χ3n) is 4.13. The number of alkyl halides is 3. The molecule has 0 unspecified atom stereocenters. The molecular formula is C17H20F3N3O2. The van der Waals surface area contributed by atoms with Crippen molar-refractivity contribution >= 4 is 17.5 Å². The van der Waals surface area contributed by atoms with E-state index in [4.69, 9.17) is 5.73 Å². The lowest BCUT2D eigenvalue weighted by molar-refractivity contribution is -0.137. The Morgan fingerprint density at radius 3 is 2.16 bits per heavy atom. The molecule has 8 heteroatoms. The largest absolute Gasteiger partial charge is 0.416 e. The SMILES string of the molecule is CC(=CC(=O)N1CCCN(C(N)=O)CC1)c1ccc(C(F)(F)F)cc1. The van der Waals surface area contributed by atoms with Crippen LogP contribution in [0.1, 0.15) is 24.5 Å². The Morgan fingerprint density at radius 2 is 1.60 bits per heavy atom. The van der Waals surface area contributed by atoms with Crippen LogP contribution in [0.3, 0.4) is 0 Å². The van der Waals surface area contributed by atoms with E-state index < -0.39 is 17.8 Å². The van der Waals surface area contributed by atoms with Gasteiger partial charge in [-0.15, -0.1) is 0 Å². The van der Waals surface area contributed by atoms with Gasteiger partial charge < -0.3 is 15.5 Å². The predicted molar refractivity (Wildman–Crippen MR) is 87.4 cm³/mol. The van der Waals surface area contributed by atoms with Crippen LogP contribution in [0, 0.1) is 0 Å². The standard InChI is InChI=1S/C17H20F3N3O2/c1-12(13-3-5-14(6-4-13)17(18,19)20)11-15(24)22-7-2-8-23(10-9-22)16(21)25/h3-6,11H,2,7-10H2,1H3,(H2,21,25). The molecule has 0 aromatic heterocycles. The van der Waals surface area contributed by atoms with Gasteiger partial charge in [0.25, 0.3) is 0 Å². The Balaban J connectivity index is 2.06. The second kappa shape index (κ2) is 7.58. The summed E-state index contributed by atoms with van der Waals surface area (Å²) in [6.07, 6.45) is -2.35. The number of rotatable bonds is 2. The summed E-state index contributed by atoms with van der Waals surface area (Å²) in [7, 11) is 0. The fourth-order valence-corrected chi connectivity index (χ4v) is 2.64. The minimum absolute atomic E-state index is 0.233. The van der Waals surface area contributed by atoms with Gasteiger partial charge in [-0.2, -0.15) is 13.2 Å². The van der Waals surface area contributed by atoms with Crippen molar-refractivity contribution in [3.8, 4) is 0 Å². The molecule has 1 saturated heterocycles. The van der Waals surface area contributed by atoms with E-state index in [0.717, 1.165) is 12.1 Å². The zero-order valence-electron chi connectivity index (χ0n) is 13.8. The van der Waals surface area contributed by atoms with Gasteiger partial charge in [-0.1, -0.05) is 12.1 Å². The van der Waals surface area contributed by atoms with Crippen LogP contribution in [0.15, 0.2) is 30.3 Å². The molecule has 1 heterocycles. The predicted octanol–water partition coefficient (Wildman–Crippen LogP) is 2.72. The highest BCUT2D eigenvalue weighted by Crippen LogP contribution is 2.30. The molecule has 0 radical (unpaired) electrons. The zero-order valence-corrected chi connectivity index (χ0v) is 13.8. The van der Waals surface area contributed by atoms with Crippen molar-refractivity contribution < 1.29 is 22.8 Å². The monoisotopic (exact) mass is 355 g/mol. The first-order chi connectivity index (χ1) is 11.7. The number of allylic oxidation sites excluding steroid dienone is 1. The average molecular weight is 355 g/mol. The molecule has 0 bridgehead atoms. The fourth-order valence-electron chi connectivity index (χ4n) is 2.64. The fraction of sp³-hybridized carbons (Fsp3) is 0.412. The molecule has 25 heavy (non-hydrogen) atoms. The van der Waals surface area contributed by atoms with Crippen molar-refractivity contribution in [3.05, 3.63) is 41.5 Å². The van der Waals surface area contributed by atoms with Crippen LogP contribution in [0.4, 0.5) is 18.0 Å². The van der Waals surface area contributed by atoms with Gasteiger partial charge in [-0.05, 0) is 36.6 Å². The number of carbonyl (C=O) groups excluding carboxylic acids is 2. The Hall–Kier alpha value is -2.51. The van der Waals surface area contributed by atoms with Crippen LogP contribution < -0.4 is 5.73 Å². The summed E-state index contributed by atoms with van der Waals surface area (Å²) >= 11 is 0. The smallest absolute Gasteiger partial charge is 0.351 e. The van der Waals surface area contributed by atoms with E-state index in [1.807, 2.05) is 0 Å². The molecule has 0 spiro atoms. The van der Waals surface area contributed by atoms with E-state index in [-0.39, 0.29) is 5.91 Å². The number of amides is 3. The summed E-state index contributed by atoms with van der Waals surface area (Å²) in [5.74, 6) is -0.233. The van der Waals surface area contributed by atoms with Gasteiger partial charge in [0.05, 0.1) is 5.56 Å². The Bertz CT molecular complexity index is 669. The number of halogens is 3. The van der Waals surface area contributed by atoms with Crippen molar-refractivity contribution in [2.45, 2.75) is 19.5 Å². The number of hydrogen-bond acceptors (Lipinski definition) is 2. The Morgan fingerprint density at radius 1 is 1.04 bits per heavy atom. The van der Waals surface area contributed by atoms with Crippen LogP contribution >= 0.6 is 0 Å². The summed E-state index contributed by atoms with van der Waals surface area (Å²) in [5, 5.41) is 0. The third-order valence-corrected chi connectivity index (χ3v) is 4.13. The molecule has 0 aliphatic carbocycles. The van der Waals surface area contributed by atoms with Crippen molar-refractivity contribution in [1.82, 2.24) is 9.80 Å². The molecule has 5 nitrogen and oxygen atoms in total. The molecule has 136 valence electrons. The Kier molecular flexibility index (Phi) is 5.71. The number of carbonyl (C=O) groups is 2. The van der Waals surface area contributed by atoms with E-state index in [1.54, 1.807) is 11.8 Å². The lowest BCUT2D eigenvalue weighted by Gasteiger charge is -2.20. The maximum absolute atomic E-state index is 12.6. The molecule has 1 aromatic rings. The van der Waals surface area contributed by atoms with Crippen LogP contribution in [0.2, 0.25) is 0 Å². The van der Waals surface area contributed by atoms with E-state index in [1.165, 1.54) is 23.1 Å². The quantitative estimate of drug-likeness (QED) is 0.829. The number of nitrogens with two attached hydrogens (primary N) is 1. The number of primary amides is 1. The molecule has 1 aliphatic heterocycles. The highest BCUT2D eigenvalue weighted by molar-refractivity contribution is 5.95. The van der Waals surface area contributed by atoms with Gasteiger partial charge in [-0.25, -0.2) is 4.79 Å².